The quantitative estimate of drug-likeness (QED) is 0.814. The van der Waals surface area contributed by atoms with Crippen LogP contribution in [0.4, 0.5) is 0 Å². The van der Waals surface area contributed by atoms with Crippen molar-refractivity contribution in [3.63, 3.8) is 0 Å². The highest BCUT2D eigenvalue weighted by Gasteiger charge is 2.23. The summed E-state index contributed by atoms with van der Waals surface area (Å²) in [5.74, 6) is 0.629. The van der Waals surface area contributed by atoms with Crippen molar-refractivity contribution in [2.24, 2.45) is 12.8 Å². The summed E-state index contributed by atoms with van der Waals surface area (Å²) in [4.78, 5) is 8.49. The third kappa shape index (κ3) is 1.82. The van der Waals surface area contributed by atoms with Gasteiger partial charge in [0.1, 0.15) is 12.0 Å². The van der Waals surface area contributed by atoms with Crippen molar-refractivity contribution in [1.29, 1.82) is 0 Å². The predicted molar refractivity (Wildman–Crippen MR) is 67.7 cm³/mol. The van der Waals surface area contributed by atoms with Crippen LogP contribution in [0, 0.1) is 0 Å². The van der Waals surface area contributed by atoms with E-state index in [2.05, 4.69) is 20.7 Å². The van der Waals surface area contributed by atoms with Crippen LogP contribution >= 0.6 is 0 Å². The summed E-state index contributed by atoms with van der Waals surface area (Å²) in [6.45, 7) is 0. The second kappa shape index (κ2) is 4.11. The highest BCUT2D eigenvalue weighted by Crippen LogP contribution is 2.36. The second-order valence-corrected chi connectivity index (χ2v) is 5.07. The van der Waals surface area contributed by atoms with Crippen molar-refractivity contribution in [3.8, 4) is 0 Å². The Morgan fingerprint density at radius 2 is 2.06 bits per heavy atom. The Labute approximate surface area is 101 Å². The van der Waals surface area contributed by atoms with Gasteiger partial charge >= 0.3 is 0 Å². The van der Waals surface area contributed by atoms with E-state index in [1.807, 2.05) is 13.2 Å². The first-order valence-electron chi connectivity index (χ1n) is 6.26. The molecule has 0 spiro atoms. The van der Waals surface area contributed by atoms with E-state index in [4.69, 9.17) is 5.73 Å². The average molecular weight is 230 g/mol. The number of hydrogen-bond acceptors (Lipinski definition) is 3. The van der Waals surface area contributed by atoms with Crippen molar-refractivity contribution in [1.82, 2.24) is 14.5 Å². The molecule has 0 atom stereocenters. The minimum atomic E-state index is 0.400. The maximum atomic E-state index is 5.96. The Bertz CT molecular complexity index is 523. The SMILES string of the molecule is Cn1cc(C2CCC(N)CC2)c2cncnc21. The molecule has 1 aliphatic rings. The van der Waals surface area contributed by atoms with Crippen LogP contribution in [0.5, 0.6) is 0 Å². The Hall–Kier alpha value is -1.42. The molecule has 90 valence electrons. The standard InChI is InChI=1S/C13H18N4/c1-17-7-12(9-2-4-10(14)5-3-9)11-6-15-8-16-13(11)17/h6-10H,2-5,14H2,1H3. The molecule has 17 heavy (non-hydrogen) atoms. The first-order valence-corrected chi connectivity index (χ1v) is 6.26. The van der Waals surface area contributed by atoms with E-state index in [1.165, 1.54) is 23.8 Å². The lowest BCUT2D eigenvalue weighted by Crippen LogP contribution is -2.25. The summed E-state index contributed by atoms with van der Waals surface area (Å²) in [5, 5.41) is 1.20. The molecular formula is C13H18N4. The van der Waals surface area contributed by atoms with Gasteiger partial charge in [-0.15, -0.1) is 0 Å². The van der Waals surface area contributed by atoms with Gasteiger partial charge in [-0.05, 0) is 37.2 Å². The normalized spacial score (nSPS) is 25.3. The highest BCUT2D eigenvalue weighted by molar-refractivity contribution is 5.80. The van der Waals surface area contributed by atoms with Crippen molar-refractivity contribution in [2.75, 3.05) is 0 Å². The zero-order valence-corrected chi connectivity index (χ0v) is 10.1. The summed E-state index contributed by atoms with van der Waals surface area (Å²) in [7, 11) is 2.05. The molecule has 0 unspecified atom stereocenters. The molecule has 4 heteroatoms. The summed E-state index contributed by atoms with van der Waals surface area (Å²) < 4.78 is 2.10. The second-order valence-electron chi connectivity index (χ2n) is 5.07. The Kier molecular flexibility index (Phi) is 2.59. The molecule has 0 saturated heterocycles. The minimum absolute atomic E-state index is 0.400. The summed E-state index contributed by atoms with van der Waals surface area (Å²) in [6.07, 6.45) is 10.4. The van der Waals surface area contributed by atoms with Crippen LogP contribution in [0.1, 0.15) is 37.2 Å². The van der Waals surface area contributed by atoms with Gasteiger partial charge in [0, 0.05) is 30.9 Å². The average Bonchev–Trinajstić information content (AvgIpc) is 2.69. The van der Waals surface area contributed by atoms with Gasteiger partial charge in [0.05, 0.1) is 0 Å². The van der Waals surface area contributed by atoms with Gasteiger partial charge in [-0.25, -0.2) is 9.97 Å². The number of fused-ring (bicyclic) bond motifs is 1. The first kappa shape index (κ1) is 10.7. The van der Waals surface area contributed by atoms with E-state index in [-0.39, 0.29) is 0 Å². The number of aromatic nitrogens is 3. The van der Waals surface area contributed by atoms with Gasteiger partial charge in [-0.3, -0.25) is 0 Å². The molecule has 2 N–H and O–H groups in total. The molecule has 1 saturated carbocycles. The van der Waals surface area contributed by atoms with Crippen LogP contribution in [-0.2, 0) is 7.05 Å². The molecular weight excluding hydrogens is 212 g/mol. The number of hydrogen-bond donors (Lipinski definition) is 1. The Balaban J connectivity index is 2.00. The lowest BCUT2D eigenvalue weighted by molar-refractivity contribution is 0.396. The fourth-order valence-corrected chi connectivity index (χ4v) is 2.90. The first-order chi connectivity index (χ1) is 8.25. The van der Waals surface area contributed by atoms with Crippen molar-refractivity contribution in [2.45, 2.75) is 37.6 Å². The minimum Gasteiger partial charge on any atom is -0.335 e. The summed E-state index contributed by atoms with van der Waals surface area (Å²) in [6, 6.07) is 0.400. The molecule has 4 nitrogen and oxygen atoms in total. The molecule has 2 heterocycles. The van der Waals surface area contributed by atoms with Crippen molar-refractivity contribution in [3.05, 3.63) is 24.3 Å². The number of aryl methyl sites for hydroxylation is 1. The molecule has 1 fully saturated rings. The van der Waals surface area contributed by atoms with Gasteiger partial charge in [0.25, 0.3) is 0 Å². The monoisotopic (exact) mass is 230 g/mol. The third-order valence-corrected chi connectivity index (χ3v) is 3.88. The maximum absolute atomic E-state index is 5.96. The molecule has 0 radical (unpaired) electrons. The fourth-order valence-electron chi connectivity index (χ4n) is 2.90. The van der Waals surface area contributed by atoms with Gasteiger partial charge in [0.15, 0.2) is 0 Å². The third-order valence-electron chi connectivity index (χ3n) is 3.88. The van der Waals surface area contributed by atoms with Crippen LogP contribution < -0.4 is 5.73 Å². The molecule has 2 aromatic heterocycles. The van der Waals surface area contributed by atoms with Gasteiger partial charge < -0.3 is 10.3 Å². The van der Waals surface area contributed by atoms with Crippen LogP contribution in [-0.4, -0.2) is 20.6 Å². The molecule has 1 aliphatic carbocycles. The Morgan fingerprint density at radius 3 is 2.82 bits per heavy atom. The molecule has 2 aromatic rings. The van der Waals surface area contributed by atoms with Crippen LogP contribution in [0.25, 0.3) is 11.0 Å². The van der Waals surface area contributed by atoms with Gasteiger partial charge in [-0.1, -0.05) is 0 Å². The van der Waals surface area contributed by atoms with Crippen LogP contribution in [0.3, 0.4) is 0 Å². The lowest BCUT2D eigenvalue weighted by Gasteiger charge is -2.25. The molecule has 0 aliphatic heterocycles. The number of nitrogens with two attached hydrogens (primary N) is 1. The van der Waals surface area contributed by atoms with E-state index >= 15 is 0 Å². The molecule has 0 aromatic carbocycles. The fraction of sp³-hybridized carbons (Fsp3) is 0.538. The largest absolute Gasteiger partial charge is 0.335 e. The van der Waals surface area contributed by atoms with E-state index in [0.717, 1.165) is 18.5 Å². The lowest BCUT2D eigenvalue weighted by atomic mass is 9.82. The van der Waals surface area contributed by atoms with E-state index in [9.17, 15) is 0 Å². The number of nitrogens with zero attached hydrogens (tertiary/aromatic N) is 3. The molecule has 3 rings (SSSR count). The smallest absolute Gasteiger partial charge is 0.143 e. The van der Waals surface area contributed by atoms with Crippen LogP contribution in [0.2, 0.25) is 0 Å². The zero-order valence-electron chi connectivity index (χ0n) is 10.1. The maximum Gasteiger partial charge on any atom is 0.143 e. The molecule has 0 amide bonds. The van der Waals surface area contributed by atoms with Gasteiger partial charge in [0.2, 0.25) is 0 Å². The van der Waals surface area contributed by atoms with E-state index in [0.29, 0.717) is 12.0 Å². The van der Waals surface area contributed by atoms with Crippen LogP contribution in [0.15, 0.2) is 18.7 Å². The molecule has 0 bridgehead atoms. The van der Waals surface area contributed by atoms with Crippen molar-refractivity contribution >= 4 is 11.0 Å². The summed E-state index contributed by atoms with van der Waals surface area (Å²) >= 11 is 0. The topological polar surface area (TPSA) is 56.7 Å². The van der Waals surface area contributed by atoms with Crippen molar-refractivity contribution < 1.29 is 0 Å². The highest BCUT2D eigenvalue weighted by atomic mass is 15.0. The van der Waals surface area contributed by atoms with E-state index < -0.39 is 0 Å². The Morgan fingerprint density at radius 1 is 1.29 bits per heavy atom. The van der Waals surface area contributed by atoms with Gasteiger partial charge in [-0.2, -0.15) is 0 Å². The number of rotatable bonds is 1. The predicted octanol–water partition coefficient (Wildman–Crippen LogP) is 1.95. The van der Waals surface area contributed by atoms with E-state index in [1.54, 1.807) is 6.33 Å². The summed E-state index contributed by atoms with van der Waals surface area (Å²) in [5.41, 5.74) is 8.39. The zero-order chi connectivity index (χ0) is 11.8.